The van der Waals surface area contributed by atoms with Crippen molar-refractivity contribution in [2.75, 3.05) is 7.11 Å². The Morgan fingerprint density at radius 1 is 1.43 bits per heavy atom. The second-order valence-corrected chi connectivity index (χ2v) is 4.95. The number of carboxylic acid groups (broad SMARTS) is 1. The van der Waals surface area contributed by atoms with E-state index in [1.165, 1.54) is 19.2 Å². The zero-order chi connectivity index (χ0) is 16.0. The van der Waals surface area contributed by atoms with Gasteiger partial charge in [-0.05, 0) is 23.6 Å². The standard InChI is InChI=1S/C15H20FNO4/c1-4-9(2)7-13(18)17-14(15(19)20)10-5-6-12(21-3)11(16)8-10/h5-6,8-9,14H,4,7H2,1-3H3,(H,17,18)(H,19,20). The summed E-state index contributed by atoms with van der Waals surface area (Å²) in [6.45, 7) is 3.86. The molecule has 21 heavy (non-hydrogen) atoms. The lowest BCUT2D eigenvalue weighted by Crippen LogP contribution is -2.34. The van der Waals surface area contributed by atoms with Crippen molar-refractivity contribution in [3.8, 4) is 5.75 Å². The van der Waals surface area contributed by atoms with Crippen molar-refractivity contribution < 1.29 is 23.8 Å². The number of methoxy groups -OCH3 is 1. The van der Waals surface area contributed by atoms with Crippen LogP contribution in [-0.2, 0) is 9.59 Å². The minimum atomic E-state index is -1.28. The van der Waals surface area contributed by atoms with Gasteiger partial charge in [0.1, 0.15) is 0 Å². The predicted octanol–water partition coefficient (Wildman–Crippen LogP) is 2.51. The molecule has 1 aromatic rings. The molecular weight excluding hydrogens is 277 g/mol. The normalized spacial score (nSPS) is 13.3. The first kappa shape index (κ1) is 16.9. The molecule has 0 radical (unpaired) electrons. The summed E-state index contributed by atoms with van der Waals surface area (Å²) in [4.78, 5) is 23.1. The molecule has 0 aromatic heterocycles. The van der Waals surface area contributed by atoms with E-state index in [0.29, 0.717) is 0 Å². The van der Waals surface area contributed by atoms with E-state index in [4.69, 9.17) is 4.74 Å². The minimum absolute atomic E-state index is 0.0221. The summed E-state index contributed by atoms with van der Waals surface area (Å²) in [5.41, 5.74) is 0.165. The number of carbonyl (C=O) groups is 2. The maximum absolute atomic E-state index is 13.6. The Balaban J connectivity index is 2.89. The number of carboxylic acids is 1. The Morgan fingerprint density at radius 2 is 2.10 bits per heavy atom. The fourth-order valence-electron chi connectivity index (χ4n) is 1.83. The lowest BCUT2D eigenvalue weighted by molar-refractivity contribution is -0.142. The largest absolute Gasteiger partial charge is 0.494 e. The van der Waals surface area contributed by atoms with Crippen LogP contribution in [0.15, 0.2) is 18.2 Å². The smallest absolute Gasteiger partial charge is 0.330 e. The van der Waals surface area contributed by atoms with E-state index in [2.05, 4.69) is 5.32 Å². The molecule has 0 bridgehead atoms. The molecule has 0 aliphatic carbocycles. The monoisotopic (exact) mass is 297 g/mol. The molecule has 0 saturated carbocycles. The van der Waals surface area contributed by atoms with Crippen molar-refractivity contribution in [3.05, 3.63) is 29.6 Å². The van der Waals surface area contributed by atoms with Gasteiger partial charge in [-0.2, -0.15) is 0 Å². The molecule has 0 fully saturated rings. The highest BCUT2D eigenvalue weighted by molar-refractivity contribution is 5.84. The number of carbonyl (C=O) groups excluding carboxylic acids is 1. The van der Waals surface area contributed by atoms with Gasteiger partial charge in [0.25, 0.3) is 0 Å². The quantitative estimate of drug-likeness (QED) is 0.811. The van der Waals surface area contributed by atoms with Crippen molar-refractivity contribution in [2.24, 2.45) is 5.92 Å². The molecule has 2 atom stereocenters. The van der Waals surface area contributed by atoms with Crippen LogP contribution in [0.1, 0.15) is 38.3 Å². The molecule has 0 heterocycles. The Kier molecular flexibility index (Phi) is 6.14. The number of halogens is 1. The van der Waals surface area contributed by atoms with Gasteiger partial charge in [-0.3, -0.25) is 4.79 Å². The van der Waals surface area contributed by atoms with Crippen LogP contribution in [0.2, 0.25) is 0 Å². The lowest BCUT2D eigenvalue weighted by atomic mass is 10.0. The summed E-state index contributed by atoms with van der Waals surface area (Å²) in [6, 6.07) is 2.54. The van der Waals surface area contributed by atoms with Gasteiger partial charge in [0.2, 0.25) is 5.91 Å². The van der Waals surface area contributed by atoms with Crippen LogP contribution >= 0.6 is 0 Å². The van der Waals surface area contributed by atoms with Gasteiger partial charge in [0.15, 0.2) is 17.6 Å². The number of nitrogens with one attached hydrogen (secondary N) is 1. The van der Waals surface area contributed by atoms with Crippen LogP contribution in [-0.4, -0.2) is 24.1 Å². The number of rotatable bonds is 7. The van der Waals surface area contributed by atoms with E-state index >= 15 is 0 Å². The molecule has 116 valence electrons. The average Bonchev–Trinajstić information content (AvgIpc) is 2.44. The van der Waals surface area contributed by atoms with Crippen LogP contribution in [0.25, 0.3) is 0 Å². The fraction of sp³-hybridized carbons (Fsp3) is 0.467. The van der Waals surface area contributed by atoms with Crippen molar-refractivity contribution in [1.82, 2.24) is 5.32 Å². The van der Waals surface area contributed by atoms with Crippen molar-refractivity contribution >= 4 is 11.9 Å². The average molecular weight is 297 g/mol. The maximum atomic E-state index is 13.6. The number of hydrogen-bond acceptors (Lipinski definition) is 3. The number of hydrogen-bond donors (Lipinski definition) is 2. The van der Waals surface area contributed by atoms with E-state index in [1.807, 2.05) is 13.8 Å². The summed E-state index contributed by atoms with van der Waals surface area (Å²) >= 11 is 0. The van der Waals surface area contributed by atoms with Crippen molar-refractivity contribution in [1.29, 1.82) is 0 Å². The highest BCUT2D eigenvalue weighted by Crippen LogP contribution is 2.22. The second-order valence-electron chi connectivity index (χ2n) is 4.95. The van der Waals surface area contributed by atoms with E-state index < -0.39 is 17.8 Å². The van der Waals surface area contributed by atoms with E-state index in [0.717, 1.165) is 12.5 Å². The third kappa shape index (κ3) is 4.73. The third-order valence-electron chi connectivity index (χ3n) is 3.29. The van der Waals surface area contributed by atoms with E-state index in [9.17, 15) is 19.1 Å². The first-order valence-electron chi connectivity index (χ1n) is 6.74. The SMILES string of the molecule is CCC(C)CC(=O)NC(C(=O)O)c1ccc(OC)c(F)c1. The summed E-state index contributed by atoms with van der Waals surface area (Å²) in [7, 11) is 1.32. The molecule has 1 rings (SSSR count). The molecule has 1 aromatic carbocycles. The Labute approximate surface area is 123 Å². The predicted molar refractivity (Wildman–Crippen MR) is 75.5 cm³/mol. The zero-order valence-corrected chi connectivity index (χ0v) is 12.4. The molecular formula is C15H20FNO4. The topological polar surface area (TPSA) is 75.6 Å². The molecule has 0 aliphatic rings. The molecule has 0 spiro atoms. The highest BCUT2D eigenvalue weighted by atomic mass is 19.1. The van der Waals surface area contributed by atoms with Gasteiger partial charge in [-0.25, -0.2) is 9.18 Å². The second kappa shape index (κ2) is 7.61. The summed E-state index contributed by atoms with van der Waals surface area (Å²) in [5.74, 6) is -2.09. The van der Waals surface area contributed by atoms with E-state index in [-0.39, 0.29) is 29.6 Å². The van der Waals surface area contributed by atoms with Crippen LogP contribution in [0.3, 0.4) is 0 Å². The Morgan fingerprint density at radius 3 is 2.57 bits per heavy atom. The van der Waals surface area contributed by atoms with Gasteiger partial charge in [-0.1, -0.05) is 26.3 Å². The third-order valence-corrected chi connectivity index (χ3v) is 3.29. The summed E-state index contributed by atoms with van der Waals surface area (Å²) < 4.78 is 18.4. The zero-order valence-electron chi connectivity index (χ0n) is 12.4. The van der Waals surface area contributed by atoms with E-state index in [1.54, 1.807) is 0 Å². The number of ether oxygens (including phenoxy) is 1. The molecule has 0 aliphatic heterocycles. The van der Waals surface area contributed by atoms with Gasteiger partial charge in [0, 0.05) is 6.42 Å². The summed E-state index contributed by atoms with van der Waals surface area (Å²) in [5, 5.41) is 11.6. The number of amides is 1. The number of aliphatic carboxylic acids is 1. The molecule has 5 nitrogen and oxygen atoms in total. The Bertz CT molecular complexity index is 518. The minimum Gasteiger partial charge on any atom is -0.494 e. The fourth-order valence-corrected chi connectivity index (χ4v) is 1.83. The van der Waals surface area contributed by atoms with Crippen LogP contribution in [0.5, 0.6) is 5.75 Å². The van der Waals surface area contributed by atoms with Gasteiger partial charge in [0.05, 0.1) is 7.11 Å². The van der Waals surface area contributed by atoms with Crippen LogP contribution < -0.4 is 10.1 Å². The molecule has 0 saturated heterocycles. The van der Waals surface area contributed by atoms with Crippen molar-refractivity contribution in [2.45, 2.75) is 32.7 Å². The van der Waals surface area contributed by atoms with Gasteiger partial charge >= 0.3 is 5.97 Å². The Hall–Kier alpha value is -2.11. The number of benzene rings is 1. The lowest BCUT2D eigenvalue weighted by Gasteiger charge is -2.17. The van der Waals surface area contributed by atoms with Gasteiger partial charge < -0.3 is 15.2 Å². The first-order chi connectivity index (χ1) is 9.88. The molecule has 6 heteroatoms. The molecule has 1 amide bonds. The molecule has 2 unspecified atom stereocenters. The van der Waals surface area contributed by atoms with Crippen LogP contribution in [0.4, 0.5) is 4.39 Å². The van der Waals surface area contributed by atoms with Crippen LogP contribution in [0, 0.1) is 11.7 Å². The maximum Gasteiger partial charge on any atom is 0.330 e. The highest BCUT2D eigenvalue weighted by Gasteiger charge is 2.23. The molecule has 2 N–H and O–H groups in total. The summed E-state index contributed by atoms with van der Waals surface area (Å²) in [6.07, 6.45) is 1.06. The van der Waals surface area contributed by atoms with Gasteiger partial charge in [-0.15, -0.1) is 0 Å². The van der Waals surface area contributed by atoms with Crippen molar-refractivity contribution in [3.63, 3.8) is 0 Å². The first-order valence-corrected chi connectivity index (χ1v) is 6.74.